The van der Waals surface area contributed by atoms with Crippen LogP contribution in [0.15, 0.2) is 34.9 Å². The molecule has 2 N–H and O–H groups in total. The van der Waals surface area contributed by atoms with Crippen molar-refractivity contribution in [3.8, 4) is 0 Å². The molecule has 1 aromatic heterocycles. The first-order chi connectivity index (χ1) is 13.0. The number of benzene rings is 1. The predicted molar refractivity (Wildman–Crippen MR) is 103 cm³/mol. The van der Waals surface area contributed by atoms with Gasteiger partial charge < -0.3 is 19.6 Å². The molecule has 2 aromatic rings. The molecule has 0 radical (unpaired) electrons. The van der Waals surface area contributed by atoms with Gasteiger partial charge in [-0.15, -0.1) is 0 Å². The molecule has 1 aliphatic heterocycles. The second-order valence-electron chi connectivity index (χ2n) is 6.74. The van der Waals surface area contributed by atoms with Crippen molar-refractivity contribution >= 4 is 23.3 Å². The summed E-state index contributed by atoms with van der Waals surface area (Å²) in [6, 6.07) is 9.91. The number of likely N-dealkylation sites (N-methyl/N-ethyl adjacent to an activating group) is 1. The van der Waals surface area contributed by atoms with E-state index in [1.807, 2.05) is 0 Å². The first kappa shape index (κ1) is 18.9. The molecule has 0 atom stereocenters. The predicted octanol–water partition coefficient (Wildman–Crippen LogP) is 1.03. The van der Waals surface area contributed by atoms with E-state index in [0.717, 1.165) is 31.7 Å². The number of hydrogen-bond acceptors (Lipinski definition) is 6. The Kier molecular flexibility index (Phi) is 6.08. The van der Waals surface area contributed by atoms with E-state index in [1.54, 1.807) is 13.0 Å². The normalized spacial score (nSPS) is 14.8. The first-order valence-corrected chi connectivity index (χ1v) is 9.06. The standard InChI is InChI=1S/C19H25N5O3/c1-14-13-17(22-27-14)21-19(26)18(25)20-8-7-15-3-5-16(6-4-15)24-11-9-23(2)10-12-24/h3-6,13H,7-12H2,1-2H3,(H,20,25)(H,21,22,26). The molecule has 0 saturated carbocycles. The smallest absolute Gasteiger partial charge is 0.314 e. The van der Waals surface area contributed by atoms with Gasteiger partial charge in [0.15, 0.2) is 5.82 Å². The average molecular weight is 371 g/mol. The molecule has 27 heavy (non-hydrogen) atoms. The Morgan fingerprint density at radius 3 is 2.44 bits per heavy atom. The monoisotopic (exact) mass is 371 g/mol. The van der Waals surface area contributed by atoms with Gasteiger partial charge in [-0.2, -0.15) is 0 Å². The third kappa shape index (κ3) is 5.30. The van der Waals surface area contributed by atoms with Crippen LogP contribution in [0.25, 0.3) is 0 Å². The quantitative estimate of drug-likeness (QED) is 0.763. The number of aryl methyl sites for hydroxylation is 1. The number of carbonyl (C=O) groups excluding carboxylic acids is 2. The molecule has 1 fully saturated rings. The lowest BCUT2D eigenvalue weighted by Crippen LogP contribution is -2.44. The van der Waals surface area contributed by atoms with E-state index in [2.05, 4.69) is 56.9 Å². The minimum atomic E-state index is -0.756. The summed E-state index contributed by atoms with van der Waals surface area (Å²) >= 11 is 0. The Balaban J connectivity index is 1.42. The number of rotatable bonds is 5. The Hall–Kier alpha value is -2.87. The molecule has 2 amide bonds. The zero-order valence-electron chi connectivity index (χ0n) is 15.7. The van der Waals surface area contributed by atoms with Crippen molar-refractivity contribution < 1.29 is 14.1 Å². The average Bonchev–Trinajstić information content (AvgIpc) is 3.07. The lowest BCUT2D eigenvalue weighted by molar-refractivity contribution is -0.136. The van der Waals surface area contributed by atoms with Crippen LogP contribution in [0.5, 0.6) is 0 Å². The molecule has 0 unspecified atom stereocenters. The summed E-state index contributed by atoms with van der Waals surface area (Å²) < 4.78 is 4.84. The van der Waals surface area contributed by atoms with Gasteiger partial charge in [0.05, 0.1) is 0 Å². The Morgan fingerprint density at radius 2 is 1.81 bits per heavy atom. The molecule has 0 aliphatic carbocycles. The van der Waals surface area contributed by atoms with E-state index in [9.17, 15) is 9.59 Å². The Labute approximate surface area is 158 Å². The molecule has 0 spiro atoms. The number of nitrogens with one attached hydrogen (secondary N) is 2. The number of nitrogens with zero attached hydrogens (tertiary/aromatic N) is 3. The van der Waals surface area contributed by atoms with Crippen molar-refractivity contribution in [2.24, 2.45) is 0 Å². The van der Waals surface area contributed by atoms with Crippen molar-refractivity contribution in [2.75, 3.05) is 50.0 Å². The highest BCUT2D eigenvalue weighted by molar-refractivity contribution is 6.39. The lowest BCUT2D eigenvalue weighted by Gasteiger charge is -2.34. The largest absolute Gasteiger partial charge is 0.369 e. The number of carbonyl (C=O) groups is 2. The number of piperazine rings is 1. The van der Waals surface area contributed by atoms with Gasteiger partial charge in [0.1, 0.15) is 5.76 Å². The van der Waals surface area contributed by atoms with Gasteiger partial charge in [-0.25, -0.2) is 0 Å². The third-order valence-electron chi connectivity index (χ3n) is 4.58. The van der Waals surface area contributed by atoms with Crippen LogP contribution in [0.1, 0.15) is 11.3 Å². The summed E-state index contributed by atoms with van der Waals surface area (Å²) in [4.78, 5) is 28.3. The molecule has 8 heteroatoms. The highest BCUT2D eigenvalue weighted by atomic mass is 16.5. The molecule has 2 heterocycles. The molecule has 0 bridgehead atoms. The summed E-state index contributed by atoms with van der Waals surface area (Å²) in [5, 5.41) is 8.63. The minimum absolute atomic E-state index is 0.229. The molecular formula is C19H25N5O3. The topological polar surface area (TPSA) is 90.7 Å². The van der Waals surface area contributed by atoms with Crippen molar-refractivity contribution in [1.29, 1.82) is 0 Å². The molecule has 144 valence electrons. The number of amides is 2. The van der Waals surface area contributed by atoms with Crippen LogP contribution in [0.3, 0.4) is 0 Å². The third-order valence-corrected chi connectivity index (χ3v) is 4.58. The molecule has 3 rings (SSSR count). The van der Waals surface area contributed by atoms with Gasteiger partial charge in [-0.1, -0.05) is 17.3 Å². The van der Waals surface area contributed by atoms with Crippen LogP contribution < -0.4 is 15.5 Å². The number of anilines is 2. The van der Waals surface area contributed by atoms with Crippen LogP contribution in [0.4, 0.5) is 11.5 Å². The van der Waals surface area contributed by atoms with Gasteiger partial charge in [-0.05, 0) is 38.1 Å². The summed E-state index contributed by atoms with van der Waals surface area (Å²) in [5.41, 5.74) is 2.33. The maximum atomic E-state index is 11.8. The number of aromatic nitrogens is 1. The number of hydrogen-bond donors (Lipinski definition) is 2. The molecule has 1 aromatic carbocycles. The van der Waals surface area contributed by atoms with Gasteiger partial charge in [-0.3, -0.25) is 14.9 Å². The molecule has 1 aliphatic rings. The zero-order valence-corrected chi connectivity index (χ0v) is 15.7. The lowest BCUT2D eigenvalue weighted by atomic mass is 10.1. The van der Waals surface area contributed by atoms with Crippen LogP contribution in [0.2, 0.25) is 0 Å². The molecule has 1 saturated heterocycles. The van der Waals surface area contributed by atoms with Gasteiger partial charge in [0, 0.05) is 44.5 Å². The Bertz CT molecular complexity index is 779. The summed E-state index contributed by atoms with van der Waals surface area (Å²) in [7, 11) is 2.14. The van der Waals surface area contributed by atoms with Crippen molar-refractivity contribution in [3.63, 3.8) is 0 Å². The fraction of sp³-hybridized carbons (Fsp3) is 0.421. The van der Waals surface area contributed by atoms with E-state index in [4.69, 9.17) is 4.52 Å². The van der Waals surface area contributed by atoms with Crippen LogP contribution in [0, 0.1) is 6.92 Å². The van der Waals surface area contributed by atoms with E-state index in [0.29, 0.717) is 18.7 Å². The highest BCUT2D eigenvalue weighted by Gasteiger charge is 2.16. The highest BCUT2D eigenvalue weighted by Crippen LogP contribution is 2.17. The van der Waals surface area contributed by atoms with Crippen LogP contribution in [-0.2, 0) is 16.0 Å². The van der Waals surface area contributed by atoms with Gasteiger partial charge in [0.2, 0.25) is 0 Å². The van der Waals surface area contributed by atoms with Crippen LogP contribution >= 0.6 is 0 Å². The summed E-state index contributed by atoms with van der Waals surface area (Å²) in [6.45, 7) is 6.31. The fourth-order valence-electron chi connectivity index (χ4n) is 2.94. The second-order valence-corrected chi connectivity index (χ2v) is 6.74. The zero-order chi connectivity index (χ0) is 19.2. The molecule has 8 nitrogen and oxygen atoms in total. The van der Waals surface area contributed by atoms with E-state index >= 15 is 0 Å². The maximum Gasteiger partial charge on any atom is 0.314 e. The fourth-order valence-corrected chi connectivity index (χ4v) is 2.94. The van der Waals surface area contributed by atoms with Gasteiger partial charge >= 0.3 is 11.8 Å². The summed E-state index contributed by atoms with van der Waals surface area (Å²) in [6.07, 6.45) is 0.658. The molecular weight excluding hydrogens is 346 g/mol. The van der Waals surface area contributed by atoms with E-state index < -0.39 is 11.8 Å². The summed E-state index contributed by atoms with van der Waals surface area (Å²) in [5.74, 6) is -0.656. The van der Waals surface area contributed by atoms with E-state index in [1.165, 1.54) is 5.69 Å². The maximum absolute atomic E-state index is 11.8. The van der Waals surface area contributed by atoms with Crippen LogP contribution in [-0.4, -0.2) is 61.6 Å². The SMILES string of the molecule is Cc1cc(NC(=O)C(=O)NCCc2ccc(N3CCN(C)CC3)cc2)no1. The second kappa shape index (κ2) is 8.68. The van der Waals surface area contributed by atoms with Crippen molar-refractivity contribution in [1.82, 2.24) is 15.4 Å². The van der Waals surface area contributed by atoms with E-state index in [-0.39, 0.29) is 5.82 Å². The van der Waals surface area contributed by atoms with Crippen molar-refractivity contribution in [2.45, 2.75) is 13.3 Å². The van der Waals surface area contributed by atoms with Crippen molar-refractivity contribution in [3.05, 3.63) is 41.7 Å². The minimum Gasteiger partial charge on any atom is -0.369 e. The van der Waals surface area contributed by atoms with Gasteiger partial charge in [0.25, 0.3) is 0 Å². The Morgan fingerprint density at radius 1 is 1.11 bits per heavy atom. The first-order valence-electron chi connectivity index (χ1n) is 9.06.